The number of thioether (sulfide) groups is 1. The van der Waals surface area contributed by atoms with Crippen LogP contribution in [0.2, 0.25) is 0 Å². The van der Waals surface area contributed by atoms with Crippen molar-refractivity contribution in [2.45, 2.75) is 48.0 Å². The molecule has 0 radical (unpaired) electrons. The molecule has 4 rings (SSSR count). The molecule has 3 aromatic rings. The predicted octanol–water partition coefficient (Wildman–Crippen LogP) is 5.63. The van der Waals surface area contributed by atoms with Gasteiger partial charge in [-0.1, -0.05) is 20.8 Å². The number of hydrogen-bond acceptors (Lipinski definition) is 7. The highest BCUT2D eigenvalue weighted by Crippen LogP contribution is 2.49. The molecule has 1 saturated carbocycles. The number of benzene rings is 1. The van der Waals surface area contributed by atoms with E-state index in [4.69, 9.17) is 9.47 Å². The highest BCUT2D eigenvalue weighted by molar-refractivity contribution is 8.02. The van der Waals surface area contributed by atoms with E-state index in [1.165, 1.54) is 25.1 Å². The van der Waals surface area contributed by atoms with Crippen molar-refractivity contribution in [2.24, 2.45) is 0 Å². The van der Waals surface area contributed by atoms with Crippen molar-refractivity contribution in [3.63, 3.8) is 0 Å². The van der Waals surface area contributed by atoms with Gasteiger partial charge in [0.15, 0.2) is 17.3 Å². The molecule has 6 nitrogen and oxygen atoms in total. The lowest BCUT2D eigenvalue weighted by molar-refractivity contribution is 0.289. The third-order valence-corrected chi connectivity index (χ3v) is 7.70. The van der Waals surface area contributed by atoms with Crippen molar-refractivity contribution in [3.8, 4) is 22.6 Å². The van der Waals surface area contributed by atoms with Gasteiger partial charge in [-0.3, -0.25) is 0 Å². The van der Waals surface area contributed by atoms with Crippen LogP contribution < -0.4 is 14.2 Å². The molecule has 2 aromatic heterocycles. The number of aliphatic hydroxyl groups is 1. The monoisotopic (exact) mass is 477 g/mol. The molecule has 32 heavy (non-hydrogen) atoms. The van der Waals surface area contributed by atoms with E-state index in [2.05, 4.69) is 30.6 Å². The largest absolute Gasteiger partial charge is 0.494 e. The SMILES string of the molecule is COc1cn2ncc(-c3cc(F)c(OC)c(NSC4(CO)CC4)c3)c2cc1SC(C)(C)C. The molecule has 0 unspecified atom stereocenters. The van der Waals surface area contributed by atoms with Gasteiger partial charge in [0.2, 0.25) is 0 Å². The van der Waals surface area contributed by atoms with Gasteiger partial charge in [-0.05, 0) is 48.6 Å². The molecule has 9 heteroatoms. The summed E-state index contributed by atoms with van der Waals surface area (Å²) in [5.74, 6) is 0.432. The van der Waals surface area contributed by atoms with E-state index in [1.807, 2.05) is 18.3 Å². The number of fused-ring (bicyclic) bond motifs is 1. The Morgan fingerprint density at radius 1 is 1.22 bits per heavy atom. The Morgan fingerprint density at radius 2 is 1.97 bits per heavy atom. The van der Waals surface area contributed by atoms with Gasteiger partial charge < -0.3 is 19.3 Å². The van der Waals surface area contributed by atoms with Crippen molar-refractivity contribution in [2.75, 3.05) is 25.5 Å². The van der Waals surface area contributed by atoms with Gasteiger partial charge in [0, 0.05) is 10.3 Å². The highest BCUT2D eigenvalue weighted by atomic mass is 32.2. The van der Waals surface area contributed by atoms with Crippen LogP contribution in [-0.2, 0) is 0 Å². The van der Waals surface area contributed by atoms with E-state index in [0.29, 0.717) is 11.3 Å². The number of ether oxygens (including phenoxy) is 2. The molecule has 1 fully saturated rings. The van der Waals surface area contributed by atoms with Crippen molar-refractivity contribution >= 4 is 34.9 Å². The summed E-state index contributed by atoms with van der Waals surface area (Å²) in [6.45, 7) is 6.52. The van der Waals surface area contributed by atoms with Crippen LogP contribution in [0.5, 0.6) is 11.5 Å². The van der Waals surface area contributed by atoms with Crippen molar-refractivity contribution in [3.05, 3.63) is 36.4 Å². The van der Waals surface area contributed by atoms with Gasteiger partial charge >= 0.3 is 0 Å². The summed E-state index contributed by atoms with van der Waals surface area (Å²) in [5.41, 5.74) is 2.88. The second-order valence-corrected chi connectivity index (χ2v) is 12.0. The van der Waals surface area contributed by atoms with Crippen LogP contribution in [-0.4, -0.2) is 45.0 Å². The van der Waals surface area contributed by atoms with Crippen LogP contribution >= 0.6 is 23.7 Å². The Kier molecular flexibility index (Phi) is 6.26. The van der Waals surface area contributed by atoms with Gasteiger partial charge in [-0.15, -0.1) is 11.8 Å². The molecular weight excluding hydrogens is 449 g/mol. The van der Waals surface area contributed by atoms with Crippen LogP contribution in [0.15, 0.2) is 35.5 Å². The predicted molar refractivity (Wildman–Crippen MR) is 130 cm³/mol. The van der Waals surface area contributed by atoms with Crippen molar-refractivity contribution in [1.82, 2.24) is 9.61 Å². The van der Waals surface area contributed by atoms with E-state index in [9.17, 15) is 9.50 Å². The van der Waals surface area contributed by atoms with Crippen LogP contribution in [0.1, 0.15) is 33.6 Å². The minimum Gasteiger partial charge on any atom is -0.494 e. The Balaban J connectivity index is 1.77. The normalized spacial score (nSPS) is 15.1. The van der Waals surface area contributed by atoms with Gasteiger partial charge in [0.05, 0.1) is 54.1 Å². The fourth-order valence-corrected chi connectivity index (χ4v) is 5.32. The molecule has 0 atom stereocenters. The maximum absolute atomic E-state index is 15.0. The zero-order chi connectivity index (χ0) is 23.1. The van der Waals surface area contributed by atoms with Crippen LogP contribution in [0.4, 0.5) is 10.1 Å². The summed E-state index contributed by atoms with van der Waals surface area (Å²) >= 11 is 3.12. The number of rotatable bonds is 8. The molecule has 1 aliphatic carbocycles. The van der Waals surface area contributed by atoms with Crippen molar-refractivity contribution in [1.29, 1.82) is 0 Å². The highest BCUT2D eigenvalue weighted by Gasteiger charge is 2.43. The molecule has 0 saturated heterocycles. The Morgan fingerprint density at radius 3 is 2.56 bits per heavy atom. The third-order valence-electron chi connectivity index (χ3n) is 5.25. The number of nitrogens with zero attached hydrogens (tertiary/aromatic N) is 2. The summed E-state index contributed by atoms with van der Waals surface area (Å²) in [6.07, 6.45) is 5.43. The van der Waals surface area contributed by atoms with E-state index >= 15 is 0 Å². The fourth-order valence-electron chi connectivity index (χ4n) is 3.40. The summed E-state index contributed by atoms with van der Waals surface area (Å²) in [7, 11) is 3.09. The van der Waals surface area contributed by atoms with E-state index in [0.717, 1.165) is 34.6 Å². The maximum Gasteiger partial charge on any atom is 0.178 e. The molecule has 2 heterocycles. The Labute approximate surface area is 196 Å². The first-order chi connectivity index (χ1) is 15.2. The number of aromatic nitrogens is 2. The number of pyridine rings is 1. The van der Waals surface area contributed by atoms with E-state index < -0.39 is 5.82 Å². The lowest BCUT2D eigenvalue weighted by Gasteiger charge is -2.19. The maximum atomic E-state index is 15.0. The minimum atomic E-state index is -0.459. The van der Waals surface area contributed by atoms with Gasteiger partial charge in [0.25, 0.3) is 0 Å². The topological polar surface area (TPSA) is 68.0 Å². The van der Waals surface area contributed by atoms with Gasteiger partial charge in [-0.2, -0.15) is 5.10 Å². The molecule has 0 bridgehead atoms. The molecule has 0 spiro atoms. The summed E-state index contributed by atoms with van der Waals surface area (Å²) in [5, 5.41) is 14.1. The summed E-state index contributed by atoms with van der Waals surface area (Å²) in [4.78, 5) is 0.996. The average Bonchev–Trinajstić information content (AvgIpc) is 3.41. The standard InChI is InChI=1S/C23H28FN3O3S2/c1-22(2,3)31-20-10-18-15(11-25-27(18)12-19(20)29-4)14-8-16(24)21(30-5)17(9-14)26-32-23(13-28)6-7-23/h8-12,26,28H,6-7,13H2,1-5H3. The molecule has 172 valence electrons. The molecular formula is C23H28FN3O3S2. The van der Waals surface area contributed by atoms with Crippen LogP contribution in [0.25, 0.3) is 16.6 Å². The first-order valence-corrected chi connectivity index (χ1v) is 12.0. The van der Waals surface area contributed by atoms with Crippen LogP contribution in [0.3, 0.4) is 0 Å². The first-order valence-electron chi connectivity index (χ1n) is 10.4. The number of anilines is 1. The summed E-state index contributed by atoms with van der Waals surface area (Å²) in [6, 6.07) is 5.36. The number of aliphatic hydroxyl groups excluding tert-OH is 1. The molecule has 0 amide bonds. The third kappa shape index (κ3) is 4.65. The average molecular weight is 478 g/mol. The van der Waals surface area contributed by atoms with Crippen molar-refractivity contribution < 1.29 is 19.0 Å². The lowest BCUT2D eigenvalue weighted by atomic mass is 10.1. The smallest absolute Gasteiger partial charge is 0.178 e. The fraction of sp³-hybridized carbons (Fsp3) is 0.435. The van der Waals surface area contributed by atoms with E-state index in [-0.39, 0.29) is 21.9 Å². The number of methoxy groups -OCH3 is 2. The van der Waals surface area contributed by atoms with E-state index in [1.54, 1.807) is 29.6 Å². The minimum absolute atomic E-state index is 0.00217. The quantitative estimate of drug-likeness (QED) is 0.322. The zero-order valence-electron chi connectivity index (χ0n) is 18.9. The van der Waals surface area contributed by atoms with Gasteiger partial charge in [-0.25, -0.2) is 8.91 Å². The number of nitrogens with one attached hydrogen (secondary N) is 1. The first kappa shape index (κ1) is 23.1. The molecule has 2 N–H and O–H groups in total. The number of hydrogen-bond donors (Lipinski definition) is 2. The second-order valence-electron chi connectivity index (χ2n) is 8.89. The Bertz CT molecular complexity index is 1140. The second kappa shape index (κ2) is 8.68. The van der Waals surface area contributed by atoms with Crippen LogP contribution in [0, 0.1) is 5.82 Å². The zero-order valence-corrected chi connectivity index (χ0v) is 20.5. The molecule has 1 aromatic carbocycles. The Hall–Kier alpha value is -2.10. The lowest BCUT2D eigenvalue weighted by Crippen LogP contribution is -2.12. The van der Waals surface area contributed by atoms with Gasteiger partial charge in [0.1, 0.15) is 0 Å². The number of halogens is 1. The summed E-state index contributed by atoms with van der Waals surface area (Å²) < 4.78 is 30.6. The molecule has 1 aliphatic rings. The molecule has 0 aliphatic heterocycles.